The second-order valence-corrected chi connectivity index (χ2v) is 6.64. The molecule has 0 heterocycles. The number of benzene rings is 1. The zero-order valence-electron chi connectivity index (χ0n) is 12.6. The molecule has 1 saturated carbocycles. The first-order valence-electron chi connectivity index (χ1n) is 7.16. The second-order valence-electron chi connectivity index (χ2n) is 6.21. The Hall–Kier alpha value is -1.22. The highest BCUT2D eigenvalue weighted by molar-refractivity contribution is 6.31. The molecule has 0 atom stereocenters. The van der Waals surface area contributed by atoms with E-state index >= 15 is 0 Å². The molecule has 3 nitrogen and oxygen atoms in total. The number of hydrogen-bond acceptors (Lipinski definition) is 2. The predicted octanol–water partition coefficient (Wildman–Crippen LogP) is 3.89. The van der Waals surface area contributed by atoms with Gasteiger partial charge in [-0.1, -0.05) is 25.4 Å². The first-order chi connectivity index (χ1) is 9.38. The molecule has 0 spiro atoms. The smallest absolute Gasteiger partial charge is 0.255 e. The fraction of sp³-hybridized carbons (Fsp3) is 0.562. The third kappa shape index (κ3) is 3.26. The van der Waals surface area contributed by atoms with Crippen LogP contribution in [0.25, 0.3) is 0 Å². The van der Waals surface area contributed by atoms with Crippen LogP contribution in [0.15, 0.2) is 18.2 Å². The lowest BCUT2D eigenvalue weighted by molar-refractivity contribution is 0.0828. The van der Waals surface area contributed by atoms with Gasteiger partial charge in [0.1, 0.15) is 0 Å². The molecule has 0 aromatic heterocycles. The summed E-state index contributed by atoms with van der Waals surface area (Å²) in [5.41, 5.74) is 1.54. The number of nitrogens with one attached hydrogen (secondary N) is 1. The average Bonchev–Trinajstić information content (AvgIpc) is 2.32. The van der Waals surface area contributed by atoms with Crippen molar-refractivity contribution in [2.24, 2.45) is 11.8 Å². The van der Waals surface area contributed by atoms with Crippen molar-refractivity contribution in [3.8, 4) is 0 Å². The number of rotatable bonds is 4. The molecule has 1 amide bonds. The molecule has 0 unspecified atom stereocenters. The van der Waals surface area contributed by atoms with Crippen LogP contribution in [0.3, 0.4) is 0 Å². The Labute approximate surface area is 126 Å². The summed E-state index contributed by atoms with van der Waals surface area (Å²) in [6, 6.07) is 5.86. The van der Waals surface area contributed by atoms with Crippen LogP contribution < -0.4 is 5.32 Å². The van der Waals surface area contributed by atoms with Crippen LogP contribution in [-0.4, -0.2) is 30.9 Å². The number of halogens is 1. The lowest BCUT2D eigenvalue weighted by Gasteiger charge is -2.39. The maximum atomic E-state index is 12.2. The van der Waals surface area contributed by atoms with Gasteiger partial charge in [-0.05, 0) is 42.9 Å². The van der Waals surface area contributed by atoms with Crippen LogP contribution in [0.5, 0.6) is 0 Å². The molecule has 1 N–H and O–H groups in total. The number of carbonyl (C=O) groups excluding carboxylic acids is 1. The van der Waals surface area contributed by atoms with Gasteiger partial charge in [-0.3, -0.25) is 4.79 Å². The Morgan fingerprint density at radius 1 is 1.35 bits per heavy atom. The Bertz CT molecular complexity index is 493. The highest BCUT2D eigenvalue weighted by Crippen LogP contribution is 2.36. The molecule has 4 heteroatoms. The molecule has 1 aromatic carbocycles. The summed E-state index contributed by atoms with van der Waals surface area (Å²) >= 11 is 6.06. The van der Waals surface area contributed by atoms with E-state index in [4.69, 9.17) is 11.6 Å². The molecule has 0 radical (unpaired) electrons. The van der Waals surface area contributed by atoms with E-state index in [0.717, 1.165) is 17.5 Å². The Morgan fingerprint density at radius 3 is 2.55 bits per heavy atom. The minimum absolute atomic E-state index is 0.00361. The van der Waals surface area contributed by atoms with E-state index in [1.54, 1.807) is 31.1 Å². The molecular formula is C16H23ClN2O. The molecule has 0 saturated heterocycles. The van der Waals surface area contributed by atoms with Gasteiger partial charge in [0, 0.05) is 30.8 Å². The molecular weight excluding hydrogens is 272 g/mol. The summed E-state index contributed by atoms with van der Waals surface area (Å²) in [5.74, 6) is 1.53. The van der Waals surface area contributed by atoms with Gasteiger partial charge >= 0.3 is 0 Å². The maximum Gasteiger partial charge on any atom is 0.255 e. The molecule has 1 fully saturated rings. The van der Waals surface area contributed by atoms with Gasteiger partial charge in [0.15, 0.2) is 0 Å². The molecule has 110 valence electrons. The van der Waals surface area contributed by atoms with E-state index < -0.39 is 0 Å². The number of carbonyl (C=O) groups is 1. The van der Waals surface area contributed by atoms with Crippen molar-refractivity contribution in [2.45, 2.75) is 32.7 Å². The van der Waals surface area contributed by atoms with Gasteiger partial charge < -0.3 is 10.2 Å². The van der Waals surface area contributed by atoms with Gasteiger partial charge in [-0.25, -0.2) is 0 Å². The first-order valence-corrected chi connectivity index (χ1v) is 7.54. The van der Waals surface area contributed by atoms with Crippen LogP contribution in [0.4, 0.5) is 5.69 Å². The fourth-order valence-corrected chi connectivity index (χ4v) is 2.78. The van der Waals surface area contributed by atoms with Crippen LogP contribution in [0, 0.1) is 11.8 Å². The van der Waals surface area contributed by atoms with E-state index in [9.17, 15) is 4.79 Å². The van der Waals surface area contributed by atoms with E-state index in [2.05, 4.69) is 19.2 Å². The summed E-state index contributed by atoms with van der Waals surface area (Å²) in [6.45, 7) is 4.53. The van der Waals surface area contributed by atoms with Crippen molar-refractivity contribution in [1.29, 1.82) is 0 Å². The number of anilines is 1. The maximum absolute atomic E-state index is 12.2. The van der Waals surface area contributed by atoms with Gasteiger partial charge in [-0.2, -0.15) is 0 Å². The van der Waals surface area contributed by atoms with Gasteiger partial charge in [0.2, 0.25) is 0 Å². The van der Waals surface area contributed by atoms with Gasteiger partial charge in [-0.15, -0.1) is 0 Å². The normalized spacial score (nSPS) is 21.5. The van der Waals surface area contributed by atoms with Crippen molar-refractivity contribution in [3.05, 3.63) is 28.8 Å². The van der Waals surface area contributed by atoms with E-state index in [-0.39, 0.29) is 5.91 Å². The third-order valence-electron chi connectivity index (χ3n) is 4.10. The van der Waals surface area contributed by atoms with E-state index in [1.807, 2.05) is 6.07 Å². The molecule has 1 aromatic rings. The minimum atomic E-state index is 0.00361. The monoisotopic (exact) mass is 294 g/mol. The number of nitrogens with zero attached hydrogens (tertiary/aromatic N) is 1. The zero-order valence-corrected chi connectivity index (χ0v) is 13.4. The largest absolute Gasteiger partial charge is 0.382 e. The quantitative estimate of drug-likeness (QED) is 0.914. The fourth-order valence-electron chi connectivity index (χ4n) is 2.61. The molecule has 20 heavy (non-hydrogen) atoms. The number of hydrogen-bond donors (Lipinski definition) is 1. The third-order valence-corrected chi connectivity index (χ3v) is 4.33. The molecule has 1 aliphatic rings. The SMILES string of the molecule is CC(C)C1CC(Nc2cc(Cl)ccc2C(=O)N(C)C)C1. The van der Waals surface area contributed by atoms with Crippen LogP contribution in [0.2, 0.25) is 5.02 Å². The standard InChI is InChI=1S/C16H23ClN2O/c1-10(2)11-7-13(8-11)18-15-9-12(17)5-6-14(15)16(20)19(3)4/h5-6,9-11,13,18H,7-8H2,1-4H3. The highest BCUT2D eigenvalue weighted by atomic mass is 35.5. The predicted molar refractivity (Wildman–Crippen MR) is 84.4 cm³/mol. The second kappa shape index (κ2) is 6.04. The van der Waals surface area contributed by atoms with Crippen molar-refractivity contribution in [2.75, 3.05) is 19.4 Å². The Morgan fingerprint density at radius 2 is 2.00 bits per heavy atom. The van der Waals surface area contributed by atoms with Crippen molar-refractivity contribution in [3.63, 3.8) is 0 Å². The van der Waals surface area contributed by atoms with Crippen molar-refractivity contribution in [1.82, 2.24) is 4.90 Å². The van der Waals surface area contributed by atoms with Crippen LogP contribution in [-0.2, 0) is 0 Å². The lowest BCUT2D eigenvalue weighted by atomic mass is 9.73. The molecule has 1 aliphatic carbocycles. The van der Waals surface area contributed by atoms with Crippen molar-refractivity contribution >= 4 is 23.2 Å². The molecule has 0 aliphatic heterocycles. The highest BCUT2D eigenvalue weighted by Gasteiger charge is 2.31. The van der Waals surface area contributed by atoms with E-state index in [1.165, 1.54) is 12.8 Å². The van der Waals surface area contributed by atoms with E-state index in [0.29, 0.717) is 16.6 Å². The average molecular weight is 295 g/mol. The Kier molecular flexibility index (Phi) is 4.59. The Balaban J connectivity index is 2.11. The van der Waals surface area contributed by atoms with Crippen LogP contribution in [0.1, 0.15) is 37.0 Å². The summed E-state index contributed by atoms with van der Waals surface area (Å²) in [7, 11) is 3.53. The van der Waals surface area contributed by atoms with Crippen LogP contribution >= 0.6 is 11.6 Å². The number of amides is 1. The summed E-state index contributed by atoms with van der Waals surface area (Å²) in [4.78, 5) is 13.8. The topological polar surface area (TPSA) is 32.3 Å². The molecule has 2 rings (SSSR count). The summed E-state index contributed by atoms with van der Waals surface area (Å²) in [5, 5.41) is 4.13. The van der Waals surface area contributed by atoms with Gasteiger partial charge in [0.25, 0.3) is 5.91 Å². The minimum Gasteiger partial charge on any atom is -0.382 e. The lowest BCUT2D eigenvalue weighted by Crippen LogP contribution is -2.38. The van der Waals surface area contributed by atoms with Crippen molar-refractivity contribution < 1.29 is 4.79 Å². The first kappa shape index (κ1) is 15.2. The zero-order chi connectivity index (χ0) is 14.9. The van der Waals surface area contributed by atoms with Gasteiger partial charge in [0.05, 0.1) is 5.56 Å². The summed E-state index contributed by atoms with van der Waals surface area (Å²) < 4.78 is 0. The molecule has 0 bridgehead atoms. The summed E-state index contributed by atoms with van der Waals surface area (Å²) in [6.07, 6.45) is 2.33.